The second kappa shape index (κ2) is 6.45. The van der Waals surface area contributed by atoms with Crippen molar-refractivity contribution in [2.24, 2.45) is 5.73 Å². The highest BCUT2D eigenvalue weighted by Gasteiger charge is 2.21. The summed E-state index contributed by atoms with van der Waals surface area (Å²) in [7, 11) is 0. The van der Waals surface area contributed by atoms with Gasteiger partial charge in [-0.1, -0.05) is 19.4 Å². The Balaban J connectivity index is 2.12. The largest absolute Gasteiger partial charge is 0.494 e. The molecular formula is C15H22N2O2. The average molecular weight is 262 g/mol. The van der Waals surface area contributed by atoms with Gasteiger partial charge in [0.05, 0.1) is 12.6 Å². The van der Waals surface area contributed by atoms with Crippen molar-refractivity contribution < 1.29 is 9.53 Å². The normalized spacial score (nSPS) is 17.6. The monoisotopic (exact) mass is 262 g/mol. The topological polar surface area (TPSA) is 64.3 Å². The lowest BCUT2D eigenvalue weighted by Crippen LogP contribution is -2.34. The van der Waals surface area contributed by atoms with Gasteiger partial charge in [-0.05, 0) is 48.9 Å². The Morgan fingerprint density at radius 2 is 2.37 bits per heavy atom. The van der Waals surface area contributed by atoms with E-state index in [1.54, 1.807) is 0 Å². The number of benzene rings is 1. The lowest BCUT2D eigenvalue weighted by atomic mass is 9.87. The molecule has 4 heteroatoms. The molecule has 1 aromatic carbocycles. The summed E-state index contributed by atoms with van der Waals surface area (Å²) < 4.78 is 5.72. The van der Waals surface area contributed by atoms with E-state index in [2.05, 4.69) is 18.3 Å². The predicted molar refractivity (Wildman–Crippen MR) is 75.2 cm³/mol. The van der Waals surface area contributed by atoms with Crippen LogP contribution in [-0.2, 0) is 6.42 Å². The van der Waals surface area contributed by atoms with Gasteiger partial charge < -0.3 is 15.8 Å². The van der Waals surface area contributed by atoms with Crippen LogP contribution in [0.15, 0.2) is 18.2 Å². The van der Waals surface area contributed by atoms with Crippen molar-refractivity contribution in [3.05, 3.63) is 29.3 Å². The number of amides is 2. The molecular weight excluding hydrogens is 240 g/mol. The molecule has 19 heavy (non-hydrogen) atoms. The zero-order valence-corrected chi connectivity index (χ0v) is 11.4. The number of urea groups is 1. The van der Waals surface area contributed by atoms with Crippen LogP contribution < -0.4 is 15.8 Å². The van der Waals surface area contributed by atoms with Gasteiger partial charge in [0.1, 0.15) is 5.75 Å². The molecule has 0 saturated heterocycles. The van der Waals surface area contributed by atoms with Crippen LogP contribution in [0.4, 0.5) is 4.79 Å². The average Bonchev–Trinajstić information content (AvgIpc) is 2.39. The minimum absolute atomic E-state index is 0.0241. The van der Waals surface area contributed by atoms with Gasteiger partial charge in [0.2, 0.25) is 0 Å². The van der Waals surface area contributed by atoms with Crippen molar-refractivity contribution >= 4 is 6.03 Å². The van der Waals surface area contributed by atoms with Crippen LogP contribution in [-0.4, -0.2) is 12.6 Å². The highest BCUT2D eigenvalue weighted by Crippen LogP contribution is 2.32. The fourth-order valence-electron chi connectivity index (χ4n) is 2.52. The van der Waals surface area contributed by atoms with Crippen LogP contribution in [0, 0.1) is 0 Å². The Morgan fingerprint density at radius 1 is 1.53 bits per heavy atom. The summed E-state index contributed by atoms with van der Waals surface area (Å²) in [4.78, 5) is 11.1. The number of hydrogen-bond donors (Lipinski definition) is 2. The number of rotatable bonds is 5. The van der Waals surface area contributed by atoms with Gasteiger partial charge in [-0.3, -0.25) is 0 Å². The first-order valence-electron chi connectivity index (χ1n) is 7.02. The molecule has 2 rings (SSSR count). The Morgan fingerprint density at radius 3 is 3.11 bits per heavy atom. The van der Waals surface area contributed by atoms with Gasteiger partial charge in [0.15, 0.2) is 0 Å². The molecule has 1 atom stereocenters. The SMILES string of the molecule is CCCCOc1ccc2c(c1)C(NC(N)=O)CCC2. The molecule has 1 aliphatic carbocycles. The second-order valence-corrected chi connectivity index (χ2v) is 5.02. The molecule has 0 spiro atoms. The number of primary amides is 1. The first kappa shape index (κ1) is 13.7. The van der Waals surface area contributed by atoms with Gasteiger partial charge in [0.25, 0.3) is 0 Å². The van der Waals surface area contributed by atoms with Crippen molar-refractivity contribution in [3.8, 4) is 5.75 Å². The van der Waals surface area contributed by atoms with Crippen LogP contribution in [0.3, 0.4) is 0 Å². The van der Waals surface area contributed by atoms with E-state index in [1.165, 1.54) is 5.56 Å². The number of nitrogens with one attached hydrogen (secondary N) is 1. The van der Waals surface area contributed by atoms with Crippen LogP contribution in [0.25, 0.3) is 0 Å². The molecule has 0 bridgehead atoms. The van der Waals surface area contributed by atoms with Gasteiger partial charge in [0, 0.05) is 0 Å². The summed E-state index contributed by atoms with van der Waals surface area (Å²) >= 11 is 0. The minimum Gasteiger partial charge on any atom is -0.494 e. The molecule has 1 aromatic rings. The van der Waals surface area contributed by atoms with Gasteiger partial charge >= 0.3 is 6.03 Å². The van der Waals surface area contributed by atoms with E-state index in [1.807, 2.05) is 12.1 Å². The first-order valence-corrected chi connectivity index (χ1v) is 7.02. The fourth-order valence-corrected chi connectivity index (χ4v) is 2.52. The van der Waals surface area contributed by atoms with Crippen molar-refractivity contribution in [3.63, 3.8) is 0 Å². The number of carbonyl (C=O) groups excluding carboxylic acids is 1. The zero-order chi connectivity index (χ0) is 13.7. The highest BCUT2D eigenvalue weighted by atomic mass is 16.5. The number of unbranched alkanes of at least 4 members (excludes halogenated alkanes) is 1. The Kier molecular flexibility index (Phi) is 4.66. The maximum atomic E-state index is 11.1. The van der Waals surface area contributed by atoms with Gasteiger partial charge in [-0.15, -0.1) is 0 Å². The van der Waals surface area contributed by atoms with Gasteiger partial charge in [-0.2, -0.15) is 0 Å². The van der Waals surface area contributed by atoms with E-state index in [4.69, 9.17) is 10.5 Å². The number of ether oxygens (including phenoxy) is 1. The predicted octanol–water partition coefficient (Wildman–Crippen LogP) is 2.91. The molecule has 0 radical (unpaired) electrons. The highest BCUT2D eigenvalue weighted by molar-refractivity contribution is 5.72. The molecule has 1 aliphatic rings. The van der Waals surface area contributed by atoms with Crippen molar-refractivity contribution in [2.45, 2.75) is 45.1 Å². The number of hydrogen-bond acceptors (Lipinski definition) is 2. The molecule has 4 nitrogen and oxygen atoms in total. The summed E-state index contributed by atoms with van der Waals surface area (Å²) in [6, 6.07) is 5.73. The van der Waals surface area contributed by atoms with Crippen LogP contribution >= 0.6 is 0 Å². The van der Waals surface area contributed by atoms with E-state index >= 15 is 0 Å². The van der Waals surface area contributed by atoms with E-state index in [-0.39, 0.29) is 6.04 Å². The summed E-state index contributed by atoms with van der Waals surface area (Å²) in [6.45, 7) is 2.88. The molecule has 0 aliphatic heterocycles. The summed E-state index contributed by atoms with van der Waals surface area (Å²) in [5.74, 6) is 0.880. The Hall–Kier alpha value is -1.71. The van der Waals surface area contributed by atoms with E-state index in [9.17, 15) is 4.79 Å². The Bertz CT molecular complexity index is 446. The summed E-state index contributed by atoms with van der Waals surface area (Å²) in [6.07, 6.45) is 5.25. The smallest absolute Gasteiger partial charge is 0.312 e. The molecule has 0 fully saturated rings. The number of aryl methyl sites for hydroxylation is 1. The summed E-state index contributed by atoms with van der Waals surface area (Å²) in [5, 5.41) is 2.82. The third-order valence-corrected chi connectivity index (χ3v) is 3.51. The molecule has 0 heterocycles. The fraction of sp³-hybridized carbons (Fsp3) is 0.533. The maximum absolute atomic E-state index is 11.1. The lowest BCUT2D eigenvalue weighted by molar-refractivity contribution is 0.243. The lowest BCUT2D eigenvalue weighted by Gasteiger charge is -2.26. The molecule has 1 unspecified atom stereocenters. The molecule has 0 saturated carbocycles. The van der Waals surface area contributed by atoms with Gasteiger partial charge in [-0.25, -0.2) is 4.79 Å². The van der Waals surface area contributed by atoms with Crippen molar-refractivity contribution in [1.82, 2.24) is 5.32 Å². The number of nitrogens with two attached hydrogens (primary N) is 1. The molecule has 104 valence electrons. The Labute approximate surface area is 114 Å². The third-order valence-electron chi connectivity index (χ3n) is 3.51. The molecule has 3 N–H and O–H groups in total. The first-order chi connectivity index (χ1) is 9.20. The van der Waals surface area contributed by atoms with Crippen LogP contribution in [0.1, 0.15) is 49.8 Å². The number of fused-ring (bicyclic) bond motifs is 1. The molecule has 0 aromatic heterocycles. The summed E-state index contributed by atoms with van der Waals surface area (Å²) in [5.41, 5.74) is 7.67. The number of carbonyl (C=O) groups is 1. The van der Waals surface area contributed by atoms with Crippen molar-refractivity contribution in [1.29, 1.82) is 0 Å². The van der Waals surface area contributed by atoms with Crippen molar-refractivity contribution in [2.75, 3.05) is 6.61 Å². The van der Waals surface area contributed by atoms with E-state index < -0.39 is 6.03 Å². The second-order valence-electron chi connectivity index (χ2n) is 5.02. The molecule has 2 amide bonds. The van der Waals surface area contributed by atoms with E-state index in [0.717, 1.165) is 50.0 Å². The maximum Gasteiger partial charge on any atom is 0.312 e. The standard InChI is InChI=1S/C15H22N2O2/c1-2-3-9-19-12-8-7-11-5-4-6-14(13(11)10-12)17-15(16)18/h7-8,10,14H,2-6,9H2,1H3,(H3,16,17,18). The zero-order valence-electron chi connectivity index (χ0n) is 11.4. The van der Waals surface area contributed by atoms with E-state index in [0.29, 0.717) is 0 Å². The minimum atomic E-state index is -0.463. The third kappa shape index (κ3) is 3.63. The quantitative estimate of drug-likeness (QED) is 0.801. The van der Waals surface area contributed by atoms with Crippen LogP contribution in [0.5, 0.6) is 5.75 Å². The van der Waals surface area contributed by atoms with Crippen LogP contribution in [0.2, 0.25) is 0 Å².